The van der Waals surface area contributed by atoms with Crippen molar-refractivity contribution in [1.82, 2.24) is 19.6 Å². The van der Waals surface area contributed by atoms with Crippen molar-refractivity contribution in [1.29, 1.82) is 0 Å². The second kappa shape index (κ2) is 7.35. The van der Waals surface area contributed by atoms with E-state index in [1.165, 1.54) is 6.07 Å². The summed E-state index contributed by atoms with van der Waals surface area (Å²) in [6.45, 7) is 7.16. The molecule has 0 bridgehead atoms. The van der Waals surface area contributed by atoms with Crippen molar-refractivity contribution in [2.24, 2.45) is 0 Å². The minimum atomic E-state index is -1.12. The summed E-state index contributed by atoms with van der Waals surface area (Å²) in [5.41, 5.74) is 0.788. The number of carboxylic acid groups (broad SMARTS) is 1. The van der Waals surface area contributed by atoms with E-state index in [0.29, 0.717) is 17.1 Å². The fourth-order valence-corrected chi connectivity index (χ4v) is 3.01. The predicted molar refractivity (Wildman–Crippen MR) is 89.8 cm³/mol. The molecule has 2 heterocycles. The van der Waals surface area contributed by atoms with E-state index in [4.69, 9.17) is 5.11 Å². The maximum absolute atomic E-state index is 14.0. The fourth-order valence-electron chi connectivity index (χ4n) is 3.01. The third-order valence-electron chi connectivity index (χ3n) is 4.14. The summed E-state index contributed by atoms with van der Waals surface area (Å²) in [6, 6.07) is 7.52. The molecule has 0 saturated heterocycles. The van der Waals surface area contributed by atoms with Gasteiger partial charge < -0.3 is 5.11 Å². The third-order valence-corrected chi connectivity index (χ3v) is 4.14. The van der Waals surface area contributed by atoms with Crippen molar-refractivity contribution in [2.75, 3.05) is 0 Å². The first-order chi connectivity index (χ1) is 12.1. The van der Waals surface area contributed by atoms with Gasteiger partial charge in [-0.2, -0.15) is 5.10 Å². The molecule has 6 nitrogen and oxygen atoms in total. The summed E-state index contributed by atoms with van der Waals surface area (Å²) < 4.78 is 30.3. The Morgan fingerprint density at radius 1 is 1.11 bits per heavy atom. The first kappa shape index (κ1) is 21.0. The Balaban J connectivity index is 0.00000261. The molecule has 0 aliphatic heterocycles. The minimum absolute atomic E-state index is 0. The van der Waals surface area contributed by atoms with Gasteiger partial charge in [-0.05, 0) is 33.8 Å². The van der Waals surface area contributed by atoms with Crippen LogP contribution in [-0.2, 0) is 26.7 Å². The number of nitrogens with zero attached hydrogens (tertiary/aromatic N) is 4. The van der Waals surface area contributed by atoms with E-state index < -0.39 is 23.3 Å². The smallest absolute Gasteiger partial charge is 0.356 e. The van der Waals surface area contributed by atoms with Gasteiger partial charge in [0, 0.05) is 49.8 Å². The molecule has 9 heteroatoms. The van der Waals surface area contributed by atoms with Gasteiger partial charge in [-0.1, -0.05) is 17.7 Å². The van der Waals surface area contributed by atoms with Crippen molar-refractivity contribution < 1.29 is 39.7 Å². The minimum Gasteiger partial charge on any atom is -0.476 e. The van der Waals surface area contributed by atoms with E-state index in [1.807, 2.05) is 13.8 Å². The zero-order chi connectivity index (χ0) is 19.2. The maximum atomic E-state index is 14.0. The number of aromatic nitrogens is 4. The SMILES string of the molecule is Cc1cc(C(=O)O)nn1C(C)(C)n1nc(-c2[c-]cc(F)cc2F)cc1C.[Pt]. The predicted octanol–water partition coefficient (Wildman–Crippen LogP) is 3.38. The van der Waals surface area contributed by atoms with Gasteiger partial charge in [0.1, 0.15) is 5.66 Å². The zero-order valence-electron chi connectivity index (χ0n) is 15.0. The molecule has 0 aliphatic carbocycles. The van der Waals surface area contributed by atoms with Gasteiger partial charge in [-0.25, -0.2) is 14.6 Å². The van der Waals surface area contributed by atoms with Crippen LogP contribution >= 0.6 is 0 Å². The number of hydrogen-bond donors (Lipinski definition) is 1. The number of carboxylic acids is 1. The molecule has 1 N–H and O–H groups in total. The largest absolute Gasteiger partial charge is 0.476 e. The molecule has 0 radical (unpaired) electrons. The number of aromatic carboxylic acids is 1. The summed E-state index contributed by atoms with van der Waals surface area (Å²) >= 11 is 0. The molecular weight excluding hydrogens is 537 g/mol. The van der Waals surface area contributed by atoms with Crippen LogP contribution in [0.25, 0.3) is 11.3 Å². The second-order valence-corrected chi connectivity index (χ2v) is 6.51. The normalized spacial score (nSPS) is 11.3. The van der Waals surface area contributed by atoms with Crippen LogP contribution in [0.15, 0.2) is 24.3 Å². The molecule has 0 fully saturated rings. The van der Waals surface area contributed by atoms with Crippen LogP contribution in [0.5, 0.6) is 0 Å². The molecule has 2 aromatic heterocycles. The van der Waals surface area contributed by atoms with Crippen molar-refractivity contribution in [3.8, 4) is 11.3 Å². The summed E-state index contributed by atoms with van der Waals surface area (Å²) in [5.74, 6) is -2.59. The van der Waals surface area contributed by atoms with Crippen molar-refractivity contribution >= 4 is 5.97 Å². The second-order valence-electron chi connectivity index (χ2n) is 6.51. The first-order valence-electron chi connectivity index (χ1n) is 7.86. The maximum Gasteiger partial charge on any atom is 0.356 e. The third kappa shape index (κ3) is 3.71. The Morgan fingerprint density at radius 3 is 2.26 bits per heavy atom. The van der Waals surface area contributed by atoms with Crippen molar-refractivity contribution in [2.45, 2.75) is 33.4 Å². The summed E-state index contributed by atoms with van der Waals surface area (Å²) in [5, 5.41) is 17.7. The topological polar surface area (TPSA) is 72.9 Å². The van der Waals surface area contributed by atoms with Gasteiger partial charge >= 0.3 is 5.97 Å². The van der Waals surface area contributed by atoms with Crippen molar-refractivity contribution in [3.63, 3.8) is 0 Å². The standard InChI is InChI=1S/C18H17F2N4O2.Pt/c1-10-7-15(13-6-5-12(19)9-14(13)20)21-23(10)18(3,4)24-11(2)8-16(22-24)17(25)26;/h5,7-9H,1-4H3,(H,25,26);/q-1;. The van der Waals surface area contributed by atoms with Crippen LogP contribution < -0.4 is 0 Å². The number of hydrogen-bond acceptors (Lipinski definition) is 3. The molecule has 0 saturated carbocycles. The van der Waals surface area contributed by atoms with Crippen LogP contribution in [0.4, 0.5) is 8.78 Å². The summed E-state index contributed by atoms with van der Waals surface area (Å²) in [4.78, 5) is 11.2. The Hall–Kier alpha value is -2.34. The zero-order valence-corrected chi connectivity index (χ0v) is 17.3. The Kier molecular flexibility index (Phi) is 5.70. The van der Waals surface area contributed by atoms with E-state index in [-0.39, 0.29) is 32.3 Å². The number of carbonyl (C=O) groups is 1. The van der Waals surface area contributed by atoms with Gasteiger partial charge in [0.25, 0.3) is 0 Å². The number of halogens is 2. The molecule has 0 spiro atoms. The van der Waals surface area contributed by atoms with E-state index in [0.717, 1.165) is 12.1 Å². The molecular formula is C18H17F2N4O2Pt-. The van der Waals surface area contributed by atoms with Gasteiger partial charge in [0.15, 0.2) is 5.69 Å². The van der Waals surface area contributed by atoms with Crippen LogP contribution in [0.2, 0.25) is 0 Å². The molecule has 0 atom stereocenters. The van der Waals surface area contributed by atoms with Crippen LogP contribution in [0.1, 0.15) is 35.7 Å². The van der Waals surface area contributed by atoms with Crippen LogP contribution in [0.3, 0.4) is 0 Å². The molecule has 146 valence electrons. The molecule has 27 heavy (non-hydrogen) atoms. The summed E-state index contributed by atoms with van der Waals surface area (Å²) in [6.07, 6.45) is 0. The Morgan fingerprint density at radius 2 is 1.70 bits per heavy atom. The average Bonchev–Trinajstić information content (AvgIpc) is 3.11. The monoisotopic (exact) mass is 554 g/mol. The van der Waals surface area contributed by atoms with E-state index in [9.17, 15) is 13.6 Å². The first-order valence-corrected chi connectivity index (χ1v) is 7.86. The van der Waals surface area contributed by atoms with Gasteiger partial charge in [-0.15, -0.1) is 12.1 Å². The van der Waals surface area contributed by atoms with E-state index in [1.54, 1.807) is 29.3 Å². The number of rotatable bonds is 4. The Labute approximate surface area is 169 Å². The quantitative estimate of drug-likeness (QED) is 0.503. The van der Waals surface area contributed by atoms with Gasteiger partial charge in [0.05, 0.1) is 0 Å². The fraction of sp³-hybridized carbons (Fsp3) is 0.278. The molecule has 0 unspecified atom stereocenters. The van der Waals surface area contributed by atoms with Gasteiger partial charge in [-0.3, -0.25) is 13.5 Å². The van der Waals surface area contributed by atoms with E-state index >= 15 is 0 Å². The molecule has 0 amide bonds. The molecule has 0 aliphatic rings. The van der Waals surface area contributed by atoms with Gasteiger partial charge in [0.2, 0.25) is 0 Å². The molecule has 3 rings (SSSR count). The molecule has 3 aromatic rings. The van der Waals surface area contributed by atoms with Crippen LogP contribution in [-0.4, -0.2) is 30.6 Å². The average molecular weight is 554 g/mol. The number of benzene rings is 1. The Bertz CT molecular complexity index is 1010. The van der Waals surface area contributed by atoms with Crippen LogP contribution in [0, 0.1) is 31.5 Å². The van der Waals surface area contributed by atoms with E-state index in [2.05, 4.69) is 16.3 Å². The van der Waals surface area contributed by atoms with Crippen molar-refractivity contribution in [3.05, 3.63) is 59.0 Å². The summed E-state index contributed by atoms with van der Waals surface area (Å²) in [7, 11) is 0. The molecule has 1 aromatic carbocycles. The number of aryl methyl sites for hydroxylation is 2.